The van der Waals surface area contributed by atoms with Crippen LogP contribution in [-0.4, -0.2) is 0 Å². The number of benzene rings is 2. The largest absolute Gasteiger partial charge is 0.271 e. The number of nitrogens with two attached hydrogens (primary N) is 1. The first-order chi connectivity index (χ1) is 10.2. The van der Waals surface area contributed by atoms with Crippen LogP contribution in [0.5, 0.6) is 0 Å². The molecule has 0 radical (unpaired) electrons. The molecule has 1 atom stereocenters. The zero-order chi connectivity index (χ0) is 14.8. The maximum Gasteiger partial charge on any atom is 0.123 e. The Kier molecular flexibility index (Phi) is 4.22. The standard InChI is InChI=1S/C16H14ClFN2S/c17-12-3-1-2-10(6-12)7-14(20-19)16-9-11-8-13(18)4-5-15(11)21-16/h1-6,8-9,14,20H,7,19H2. The third-order valence-corrected chi connectivity index (χ3v) is 4.84. The average Bonchev–Trinajstić information content (AvgIpc) is 2.87. The van der Waals surface area contributed by atoms with Crippen LogP contribution in [0.2, 0.25) is 5.02 Å². The van der Waals surface area contributed by atoms with Gasteiger partial charge in [-0.1, -0.05) is 23.7 Å². The van der Waals surface area contributed by atoms with Crippen molar-refractivity contribution in [3.05, 3.63) is 69.8 Å². The van der Waals surface area contributed by atoms with E-state index in [0.29, 0.717) is 5.02 Å². The molecular weight excluding hydrogens is 307 g/mol. The van der Waals surface area contributed by atoms with Crippen molar-refractivity contribution in [1.29, 1.82) is 0 Å². The number of nitrogens with one attached hydrogen (secondary N) is 1. The monoisotopic (exact) mass is 320 g/mol. The van der Waals surface area contributed by atoms with Crippen molar-refractivity contribution in [3.8, 4) is 0 Å². The van der Waals surface area contributed by atoms with Gasteiger partial charge in [0.25, 0.3) is 0 Å². The summed E-state index contributed by atoms with van der Waals surface area (Å²) in [7, 11) is 0. The van der Waals surface area contributed by atoms with Crippen LogP contribution in [0.25, 0.3) is 10.1 Å². The van der Waals surface area contributed by atoms with E-state index in [1.165, 1.54) is 6.07 Å². The molecule has 0 aliphatic heterocycles. The van der Waals surface area contributed by atoms with E-state index in [9.17, 15) is 4.39 Å². The fraction of sp³-hybridized carbons (Fsp3) is 0.125. The Morgan fingerprint density at radius 1 is 1.19 bits per heavy atom. The van der Waals surface area contributed by atoms with Crippen LogP contribution in [0.3, 0.4) is 0 Å². The van der Waals surface area contributed by atoms with Crippen molar-refractivity contribution in [2.75, 3.05) is 0 Å². The van der Waals surface area contributed by atoms with Gasteiger partial charge < -0.3 is 0 Å². The Labute approximate surface area is 131 Å². The van der Waals surface area contributed by atoms with Gasteiger partial charge in [0.2, 0.25) is 0 Å². The lowest BCUT2D eigenvalue weighted by molar-refractivity contribution is 0.561. The van der Waals surface area contributed by atoms with E-state index in [-0.39, 0.29) is 11.9 Å². The molecule has 3 aromatic rings. The lowest BCUT2D eigenvalue weighted by Crippen LogP contribution is -2.28. The zero-order valence-corrected chi connectivity index (χ0v) is 12.7. The highest BCUT2D eigenvalue weighted by Crippen LogP contribution is 2.32. The minimum absolute atomic E-state index is 0.0241. The molecule has 0 bridgehead atoms. The second-order valence-electron chi connectivity index (χ2n) is 4.88. The molecule has 0 fully saturated rings. The molecule has 2 aromatic carbocycles. The molecule has 0 saturated heterocycles. The van der Waals surface area contributed by atoms with Crippen LogP contribution in [0.1, 0.15) is 16.5 Å². The molecule has 1 unspecified atom stereocenters. The number of fused-ring (bicyclic) bond motifs is 1. The Bertz CT molecular complexity index is 772. The van der Waals surface area contributed by atoms with Gasteiger partial charge in [0, 0.05) is 14.6 Å². The Morgan fingerprint density at radius 3 is 2.81 bits per heavy atom. The topological polar surface area (TPSA) is 38.0 Å². The predicted molar refractivity (Wildman–Crippen MR) is 87.0 cm³/mol. The highest BCUT2D eigenvalue weighted by atomic mass is 35.5. The van der Waals surface area contributed by atoms with Gasteiger partial charge in [-0.25, -0.2) is 4.39 Å². The number of hydrazine groups is 1. The summed E-state index contributed by atoms with van der Waals surface area (Å²) >= 11 is 7.63. The van der Waals surface area contributed by atoms with E-state index in [4.69, 9.17) is 17.4 Å². The van der Waals surface area contributed by atoms with Gasteiger partial charge >= 0.3 is 0 Å². The Morgan fingerprint density at radius 2 is 2.05 bits per heavy atom. The first-order valence-electron chi connectivity index (χ1n) is 6.55. The zero-order valence-electron chi connectivity index (χ0n) is 11.1. The fourth-order valence-corrected chi connectivity index (χ4v) is 3.67. The smallest absolute Gasteiger partial charge is 0.123 e. The molecule has 0 aliphatic rings. The van der Waals surface area contributed by atoms with Gasteiger partial charge in [-0.15, -0.1) is 11.3 Å². The summed E-state index contributed by atoms with van der Waals surface area (Å²) < 4.78 is 14.3. The summed E-state index contributed by atoms with van der Waals surface area (Å²) in [6.45, 7) is 0. The first-order valence-corrected chi connectivity index (χ1v) is 7.75. The number of hydrogen-bond donors (Lipinski definition) is 2. The second kappa shape index (κ2) is 6.12. The van der Waals surface area contributed by atoms with E-state index < -0.39 is 0 Å². The van der Waals surface area contributed by atoms with E-state index in [2.05, 4.69) is 5.43 Å². The van der Waals surface area contributed by atoms with Crippen LogP contribution in [-0.2, 0) is 6.42 Å². The summed E-state index contributed by atoms with van der Waals surface area (Å²) in [6.07, 6.45) is 0.729. The van der Waals surface area contributed by atoms with Crippen molar-refractivity contribution in [3.63, 3.8) is 0 Å². The summed E-state index contributed by atoms with van der Waals surface area (Å²) in [4.78, 5) is 1.08. The molecule has 0 spiro atoms. The van der Waals surface area contributed by atoms with Gasteiger partial charge in [0.1, 0.15) is 5.82 Å². The van der Waals surface area contributed by atoms with Gasteiger partial charge in [0.15, 0.2) is 0 Å². The van der Waals surface area contributed by atoms with Crippen molar-refractivity contribution < 1.29 is 4.39 Å². The maximum absolute atomic E-state index is 13.3. The number of thiophene rings is 1. The minimum atomic E-state index is -0.223. The lowest BCUT2D eigenvalue weighted by atomic mass is 10.0. The lowest BCUT2D eigenvalue weighted by Gasteiger charge is -2.14. The van der Waals surface area contributed by atoms with E-state index in [1.54, 1.807) is 23.5 Å². The van der Waals surface area contributed by atoms with Crippen molar-refractivity contribution in [1.82, 2.24) is 5.43 Å². The summed E-state index contributed by atoms with van der Waals surface area (Å²) in [5.74, 6) is 5.47. The average molecular weight is 321 g/mol. The second-order valence-corrected chi connectivity index (χ2v) is 6.44. The Hall–Kier alpha value is -1.46. The van der Waals surface area contributed by atoms with Crippen LogP contribution in [0.4, 0.5) is 4.39 Å². The molecule has 3 rings (SSSR count). The summed E-state index contributed by atoms with van der Waals surface area (Å²) in [6, 6.07) is 14.5. The molecular formula is C16H14ClFN2S. The van der Waals surface area contributed by atoms with Gasteiger partial charge in [-0.3, -0.25) is 11.3 Å². The summed E-state index contributed by atoms with van der Waals surface area (Å²) in [5, 5.41) is 1.61. The van der Waals surface area contributed by atoms with Crippen LogP contribution >= 0.6 is 22.9 Å². The van der Waals surface area contributed by atoms with Gasteiger partial charge in [0.05, 0.1) is 6.04 Å². The molecule has 3 N–H and O–H groups in total. The van der Waals surface area contributed by atoms with E-state index >= 15 is 0 Å². The van der Waals surface area contributed by atoms with Crippen molar-refractivity contribution in [2.45, 2.75) is 12.5 Å². The van der Waals surface area contributed by atoms with Crippen LogP contribution < -0.4 is 11.3 Å². The van der Waals surface area contributed by atoms with E-state index in [1.807, 2.05) is 30.3 Å². The van der Waals surface area contributed by atoms with Crippen molar-refractivity contribution in [2.24, 2.45) is 5.84 Å². The van der Waals surface area contributed by atoms with Gasteiger partial charge in [-0.05, 0) is 53.8 Å². The molecule has 1 aromatic heterocycles. The third-order valence-electron chi connectivity index (χ3n) is 3.37. The SMILES string of the molecule is NNC(Cc1cccc(Cl)c1)c1cc2cc(F)ccc2s1. The molecule has 21 heavy (non-hydrogen) atoms. The molecule has 0 saturated carbocycles. The molecule has 1 heterocycles. The highest BCUT2D eigenvalue weighted by molar-refractivity contribution is 7.19. The maximum atomic E-state index is 13.3. The molecule has 0 aliphatic carbocycles. The fourth-order valence-electron chi connectivity index (χ4n) is 2.35. The molecule has 0 amide bonds. The normalized spacial score (nSPS) is 12.7. The quantitative estimate of drug-likeness (QED) is 0.551. The number of rotatable bonds is 4. The summed E-state index contributed by atoms with van der Waals surface area (Å²) in [5.41, 5.74) is 3.94. The molecule has 108 valence electrons. The van der Waals surface area contributed by atoms with Crippen LogP contribution in [0, 0.1) is 5.82 Å². The first kappa shape index (κ1) is 14.5. The third kappa shape index (κ3) is 3.24. The number of halogens is 2. The van der Waals surface area contributed by atoms with E-state index in [0.717, 1.165) is 26.9 Å². The van der Waals surface area contributed by atoms with Crippen LogP contribution in [0.15, 0.2) is 48.5 Å². The van der Waals surface area contributed by atoms with Crippen molar-refractivity contribution >= 4 is 33.0 Å². The minimum Gasteiger partial charge on any atom is -0.271 e. The number of hydrogen-bond acceptors (Lipinski definition) is 3. The Balaban J connectivity index is 1.90. The van der Waals surface area contributed by atoms with Gasteiger partial charge in [-0.2, -0.15) is 0 Å². The predicted octanol–water partition coefficient (Wildman–Crippen LogP) is 4.44. The molecule has 2 nitrogen and oxygen atoms in total. The highest BCUT2D eigenvalue weighted by Gasteiger charge is 2.14. The molecule has 5 heteroatoms.